The van der Waals surface area contributed by atoms with Crippen LogP contribution in [0.25, 0.3) is 10.9 Å². The number of anilines is 2. The highest BCUT2D eigenvalue weighted by Crippen LogP contribution is 2.30. The molecule has 0 aliphatic heterocycles. The van der Waals surface area contributed by atoms with E-state index < -0.39 is 0 Å². The molecule has 4 heteroatoms. The van der Waals surface area contributed by atoms with Crippen LogP contribution in [0.5, 0.6) is 0 Å². The van der Waals surface area contributed by atoms with E-state index >= 15 is 0 Å². The van der Waals surface area contributed by atoms with E-state index in [0.717, 1.165) is 28.7 Å². The number of aromatic nitrogens is 1. The number of hydrogen-bond donors (Lipinski definition) is 1. The number of hydrogen-bond acceptors (Lipinski definition) is 2. The van der Waals surface area contributed by atoms with Gasteiger partial charge in [-0.2, -0.15) is 0 Å². The molecule has 3 aromatic rings. The number of rotatable bonds is 3. The highest BCUT2D eigenvalue weighted by atomic mass is 32.1. The predicted molar refractivity (Wildman–Crippen MR) is 96.5 cm³/mol. The largest absolute Gasteiger partial charge is 0.376 e. The molecule has 0 fully saturated rings. The summed E-state index contributed by atoms with van der Waals surface area (Å²) in [5.74, 6) is 0. The maximum absolute atomic E-state index is 6.00. The lowest BCUT2D eigenvalue weighted by atomic mass is 10.1. The van der Waals surface area contributed by atoms with E-state index in [1.807, 2.05) is 53.6 Å². The number of pyridine rings is 1. The zero-order valence-corrected chi connectivity index (χ0v) is 13.2. The normalized spacial score (nSPS) is 10.6. The highest BCUT2D eigenvalue weighted by molar-refractivity contribution is 7.80. The molecule has 2 aromatic carbocycles. The van der Waals surface area contributed by atoms with E-state index in [-0.39, 0.29) is 0 Å². The number of benzene rings is 2. The van der Waals surface area contributed by atoms with E-state index in [2.05, 4.69) is 24.0 Å². The molecular weight excluding hydrogens is 290 g/mol. The first-order valence-electron chi connectivity index (χ1n) is 7.23. The molecule has 2 N–H and O–H groups in total. The molecule has 0 bridgehead atoms. The molecule has 0 saturated carbocycles. The van der Waals surface area contributed by atoms with Crippen molar-refractivity contribution >= 4 is 39.6 Å². The summed E-state index contributed by atoms with van der Waals surface area (Å²) in [4.78, 5) is 6.39. The van der Waals surface area contributed by atoms with Gasteiger partial charge in [-0.05, 0) is 42.4 Å². The monoisotopic (exact) mass is 307 g/mol. The lowest BCUT2D eigenvalue weighted by Gasteiger charge is -2.25. The average Bonchev–Trinajstić information content (AvgIpc) is 2.55. The molecule has 22 heavy (non-hydrogen) atoms. The number of fused-ring (bicyclic) bond motifs is 1. The molecule has 3 nitrogen and oxygen atoms in total. The van der Waals surface area contributed by atoms with Crippen molar-refractivity contribution in [1.29, 1.82) is 0 Å². The minimum atomic E-state index is 0.318. The number of aryl methyl sites for hydroxylation is 1. The first-order chi connectivity index (χ1) is 10.7. The fourth-order valence-electron chi connectivity index (χ4n) is 2.59. The summed E-state index contributed by atoms with van der Waals surface area (Å²) in [5, 5.41) is 1.38. The van der Waals surface area contributed by atoms with Gasteiger partial charge in [-0.3, -0.25) is 9.88 Å². The summed E-state index contributed by atoms with van der Waals surface area (Å²) in [6.45, 7) is 2.12. The van der Waals surface area contributed by atoms with Crippen LogP contribution in [-0.2, 0) is 6.42 Å². The Bertz CT molecular complexity index is 829. The molecule has 0 aliphatic carbocycles. The zero-order chi connectivity index (χ0) is 15.5. The summed E-state index contributed by atoms with van der Waals surface area (Å²) >= 11 is 5.29. The van der Waals surface area contributed by atoms with Gasteiger partial charge in [-0.25, -0.2) is 0 Å². The van der Waals surface area contributed by atoms with E-state index in [4.69, 9.17) is 18.0 Å². The van der Waals surface area contributed by atoms with Crippen LogP contribution >= 0.6 is 12.2 Å². The maximum atomic E-state index is 6.00. The Morgan fingerprint density at radius 2 is 1.86 bits per heavy atom. The fourth-order valence-corrected chi connectivity index (χ4v) is 2.80. The molecule has 110 valence electrons. The minimum absolute atomic E-state index is 0.318. The van der Waals surface area contributed by atoms with E-state index in [1.54, 1.807) is 0 Å². The van der Waals surface area contributed by atoms with Crippen LogP contribution in [0.15, 0.2) is 60.8 Å². The zero-order valence-electron chi connectivity index (χ0n) is 12.4. The molecule has 0 saturated heterocycles. The number of thiocarbonyl (C=S) groups is 1. The lowest BCUT2D eigenvalue weighted by molar-refractivity contribution is 1.12. The Hall–Kier alpha value is -2.46. The Balaban J connectivity index is 2.16. The van der Waals surface area contributed by atoms with Crippen molar-refractivity contribution in [3.8, 4) is 0 Å². The van der Waals surface area contributed by atoms with Crippen LogP contribution in [0.2, 0.25) is 0 Å². The van der Waals surface area contributed by atoms with Crippen molar-refractivity contribution < 1.29 is 0 Å². The summed E-state index contributed by atoms with van der Waals surface area (Å²) in [6.07, 6.45) is 2.73. The topological polar surface area (TPSA) is 42.1 Å². The van der Waals surface area contributed by atoms with Crippen molar-refractivity contribution in [1.82, 2.24) is 4.98 Å². The van der Waals surface area contributed by atoms with Crippen LogP contribution in [-0.4, -0.2) is 10.1 Å². The van der Waals surface area contributed by atoms with E-state index in [1.165, 1.54) is 5.56 Å². The predicted octanol–water partition coefficient (Wildman–Crippen LogP) is 4.18. The van der Waals surface area contributed by atoms with Crippen molar-refractivity contribution in [2.24, 2.45) is 5.73 Å². The van der Waals surface area contributed by atoms with Gasteiger partial charge in [0.25, 0.3) is 0 Å². The number of para-hydroxylation sites is 2. The summed E-state index contributed by atoms with van der Waals surface area (Å²) in [5.41, 5.74) is 10.0. The first kappa shape index (κ1) is 14.5. The average molecular weight is 307 g/mol. The van der Waals surface area contributed by atoms with Gasteiger partial charge in [0.15, 0.2) is 5.11 Å². The van der Waals surface area contributed by atoms with Crippen molar-refractivity contribution in [3.05, 3.63) is 66.4 Å². The molecule has 1 heterocycles. The minimum Gasteiger partial charge on any atom is -0.376 e. The molecule has 0 spiro atoms. The van der Waals surface area contributed by atoms with E-state index in [9.17, 15) is 0 Å². The third-order valence-electron chi connectivity index (χ3n) is 3.67. The van der Waals surface area contributed by atoms with Crippen molar-refractivity contribution in [2.45, 2.75) is 13.3 Å². The molecule has 0 radical (unpaired) electrons. The SMILES string of the molecule is CCc1ccccc1N(C(N)=S)c1cnc2ccccc2c1. The second kappa shape index (κ2) is 6.12. The van der Waals surface area contributed by atoms with E-state index in [0.29, 0.717) is 5.11 Å². The van der Waals surface area contributed by atoms with Gasteiger partial charge in [-0.1, -0.05) is 43.3 Å². The van der Waals surface area contributed by atoms with Gasteiger partial charge in [0.1, 0.15) is 0 Å². The molecule has 0 atom stereocenters. The summed E-state index contributed by atoms with van der Waals surface area (Å²) < 4.78 is 0. The maximum Gasteiger partial charge on any atom is 0.175 e. The van der Waals surface area contributed by atoms with Crippen LogP contribution in [0, 0.1) is 0 Å². The standard InChI is InChI=1S/C18H17N3S/c1-2-13-7-4-6-10-17(13)21(18(19)22)15-11-14-8-3-5-9-16(14)20-12-15/h3-12H,2H2,1H3,(H2,19,22). The van der Waals surface area contributed by atoms with Crippen molar-refractivity contribution in [3.63, 3.8) is 0 Å². The van der Waals surface area contributed by atoms with Gasteiger partial charge >= 0.3 is 0 Å². The fraction of sp³-hybridized carbons (Fsp3) is 0.111. The van der Waals surface area contributed by atoms with Gasteiger partial charge in [0, 0.05) is 5.39 Å². The number of nitrogens with zero attached hydrogens (tertiary/aromatic N) is 2. The van der Waals surface area contributed by atoms with Crippen LogP contribution < -0.4 is 10.6 Å². The lowest BCUT2D eigenvalue weighted by Crippen LogP contribution is -2.32. The van der Waals surface area contributed by atoms with Gasteiger partial charge < -0.3 is 5.73 Å². The Morgan fingerprint density at radius 1 is 1.14 bits per heavy atom. The van der Waals surface area contributed by atoms with Crippen LogP contribution in [0.4, 0.5) is 11.4 Å². The Labute approximate surface area is 135 Å². The molecule has 0 aliphatic rings. The molecule has 0 amide bonds. The highest BCUT2D eigenvalue weighted by Gasteiger charge is 2.15. The first-order valence-corrected chi connectivity index (χ1v) is 7.64. The summed E-state index contributed by atoms with van der Waals surface area (Å²) in [7, 11) is 0. The van der Waals surface area contributed by atoms with Gasteiger partial charge in [-0.15, -0.1) is 0 Å². The Kier molecular flexibility index (Phi) is 4.02. The molecular formula is C18H17N3S. The van der Waals surface area contributed by atoms with Gasteiger partial charge in [0.2, 0.25) is 0 Å². The van der Waals surface area contributed by atoms with Crippen LogP contribution in [0.1, 0.15) is 12.5 Å². The molecule has 1 aromatic heterocycles. The Morgan fingerprint density at radius 3 is 2.64 bits per heavy atom. The van der Waals surface area contributed by atoms with Gasteiger partial charge in [0.05, 0.1) is 23.1 Å². The second-order valence-electron chi connectivity index (χ2n) is 5.04. The molecule has 3 rings (SSSR count). The molecule has 0 unspecified atom stereocenters. The number of nitrogens with two attached hydrogens (primary N) is 1. The quantitative estimate of drug-likeness (QED) is 0.737. The van der Waals surface area contributed by atoms with Crippen LogP contribution in [0.3, 0.4) is 0 Å². The van der Waals surface area contributed by atoms with Crippen molar-refractivity contribution in [2.75, 3.05) is 4.90 Å². The third kappa shape index (κ3) is 2.65. The second-order valence-corrected chi connectivity index (χ2v) is 5.46. The summed E-state index contributed by atoms with van der Waals surface area (Å²) in [6, 6.07) is 18.2. The third-order valence-corrected chi connectivity index (χ3v) is 3.85. The smallest absolute Gasteiger partial charge is 0.175 e.